The van der Waals surface area contributed by atoms with Crippen LogP contribution in [0.5, 0.6) is 0 Å². The van der Waals surface area contributed by atoms with Gasteiger partial charge < -0.3 is 35.2 Å². The number of hydrogen-bond donors (Lipinski definition) is 5. The van der Waals surface area contributed by atoms with Crippen LogP contribution in [0.15, 0.2) is 0 Å². The third kappa shape index (κ3) is 22.8. The number of aliphatic carboxylic acids is 4. The molecule has 0 aliphatic rings. The monoisotopic (exact) mass is 578 g/mol. The average Bonchev–Trinajstić information content (AvgIpc) is 2.84. The van der Waals surface area contributed by atoms with Crippen LogP contribution >= 0.6 is 0 Å². The summed E-state index contributed by atoms with van der Waals surface area (Å²) in [4.78, 5) is 72.0. The molecule has 5 N–H and O–H groups in total. The molecule has 0 aliphatic heterocycles. The maximum atomic E-state index is 12.6. The van der Waals surface area contributed by atoms with Gasteiger partial charge >= 0.3 is 23.9 Å². The summed E-state index contributed by atoms with van der Waals surface area (Å²) < 4.78 is 10.8. The number of hydrogen-bond acceptors (Lipinski definition) is 11. The van der Waals surface area contributed by atoms with Gasteiger partial charge in [-0.1, -0.05) is 6.92 Å². The van der Waals surface area contributed by atoms with Gasteiger partial charge in [0.05, 0.1) is 52.5 Å². The van der Waals surface area contributed by atoms with E-state index in [1.54, 1.807) is 11.8 Å². The van der Waals surface area contributed by atoms with Crippen LogP contribution in [0.4, 0.5) is 0 Å². The van der Waals surface area contributed by atoms with Gasteiger partial charge in [0.15, 0.2) is 0 Å². The lowest BCUT2D eigenvalue weighted by Gasteiger charge is -2.28. The summed E-state index contributed by atoms with van der Waals surface area (Å²) in [5.41, 5.74) is 0. The van der Waals surface area contributed by atoms with Crippen molar-refractivity contribution in [3.63, 3.8) is 0 Å². The molecule has 0 heterocycles. The Hall–Kier alpha value is -3.18. The lowest BCUT2D eigenvalue weighted by atomic mass is 10.2. The number of ether oxygens (including phenoxy) is 2. The fourth-order valence-corrected chi connectivity index (χ4v) is 3.44. The SMILES string of the molecule is CCC(=O)NCCOCCOCCCC(=O)CN(CCN(CC(=O)O)CC(=O)O)CCN(CC(=O)O)CC(=O)O. The molecular weight excluding hydrogens is 536 g/mol. The lowest BCUT2D eigenvalue weighted by molar-refractivity contribution is -0.143. The fraction of sp³-hybridized carbons (Fsp3) is 0.750. The largest absolute Gasteiger partial charge is 0.480 e. The van der Waals surface area contributed by atoms with E-state index in [1.807, 2.05) is 0 Å². The van der Waals surface area contributed by atoms with Crippen LogP contribution in [0.25, 0.3) is 0 Å². The second-order valence-corrected chi connectivity index (χ2v) is 8.84. The maximum Gasteiger partial charge on any atom is 0.317 e. The van der Waals surface area contributed by atoms with Crippen LogP contribution in [0.2, 0.25) is 0 Å². The molecule has 0 aliphatic carbocycles. The number of nitrogens with one attached hydrogen (secondary N) is 1. The van der Waals surface area contributed by atoms with Crippen LogP contribution in [0.3, 0.4) is 0 Å². The van der Waals surface area contributed by atoms with Gasteiger partial charge in [-0.2, -0.15) is 0 Å². The molecule has 0 saturated heterocycles. The van der Waals surface area contributed by atoms with Gasteiger partial charge in [-0.25, -0.2) is 0 Å². The Kier molecular flexibility index (Phi) is 20.8. The Morgan fingerprint density at radius 1 is 0.600 bits per heavy atom. The number of amides is 1. The Bertz CT molecular complexity index is 739. The molecule has 0 aromatic carbocycles. The van der Waals surface area contributed by atoms with E-state index in [-0.39, 0.29) is 50.8 Å². The Balaban J connectivity index is 4.73. The Labute approximate surface area is 232 Å². The van der Waals surface area contributed by atoms with Crippen molar-refractivity contribution >= 4 is 35.6 Å². The minimum Gasteiger partial charge on any atom is -0.480 e. The highest BCUT2D eigenvalue weighted by Gasteiger charge is 2.19. The molecule has 16 nitrogen and oxygen atoms in total. The summed E-state index contributed by atoms with van der Waals surface area (Å²) in [6.07, 6.45) is 0.997. The zero-order valence-electron chi connectivity index (χ0n) is 22.9. The van der Waals surface area contributed by atoms with Gasteiger partial charge in [0.2, 0.25) is 5.91 Å². The normalized spacial score (nSPS) is 11.2. The molecule has 0 spiro atoms. The predicted molar refractivity (Wildman–Crippen MR) is 139 cm³/mol. The molecule has 16 heteroatoms. The van der Waals surface area contributed by atoms with E-state index in [0.29, 0.717) is 45.8 Å². The minimum absolute atomic E-state index is 0.00891. The first-order valence-corrected chi connectivity index (χ1v) is 12.9. The van der Waals surface area contributed by atoms with Gasteiger partial charge in [-0.15, -0.1) is 0 Å². The molecular formula is C24H42N4O12. The van der Waals surface area contributed by atoms with Gasteiger partial charge in [0.1, 0.15) is 5.78 Å². The molecule has 0 rings (SSSR count). The minimum atomic E-state index is -1.22. The fourth-order valence-electron chi connectivity index (χ4n) is 3.44. The van der Waals surface area contributed by atoms with Crippen LogP contribution in [0.1, 0.15) is 26.2 Å². The summed E-state index contributed by atoms with van der Waals surface area (Å²) in [6, 6.07) is 0. The van der Waals surface area contributed by atoms with E-state index < -0.39 is 50.1 Å². The molecule has 230 valence electrons. The molecule has 1 amide bonds. The van der Waals surface area contributed by atoms with Gasteiger partial charge in [-0.05, 0) is 6.42 Å². The van der Waals surface area contributed by atoms with Gasteiger partial charge in [0.25, 0.3) is 0 Å². The molecule has 0 saturated carbocycles. The first kappa shape index (κ1) is 36.8. The topological polar surface area (TPSA) is 224 Å². The number of carbonyl (C=O) groups excluding carboxylic acids is 2. The molecule has 0 fully saturated rings. The molecule has 40 heavy (non-hydrogen) atoms. The quantitative estimate of drug-likeness (QED) is 0.0674. The van der Waals surface area contributed by atoms with E-state index in [0.717, 1.165) is 0 Å². The number of carbonyl (C=O) groups is 6. The van der Waals surface area contributed by atoms with Crippen molar-refractivity contribution in [1.29, 1.82) is 0 Å². The first-order valence-electron chi connectivity index (χ1n) is 12.9. The van der Waals surface area contributed by atoms with E-state index in [4.69, 9.17) is 29.9 Å². The van der Waals surface area contributed by atoms with E-state index in [1.165, 1.54) is 9.80 Å². The molecule has 0 radical (unpaired) electrons. The molecule has 0 unspecified atom stereocenters. The van der Waals surface area contributed by atoms with Crippen molar-refractivity contribution in [2.75, 3.05) is 91.9 Å². The first-order chi connectivity index (χ1) is 18.9. The summed E-state index contributed by atoms with van der Waals surface area (Å²) in [6.45, 7) is 1.53. The summed E-state index contributed by atoms with van der Waals surface area (Å²) in [5.74, 6) is -5.09. The van der Waals surface area contributed by atoms with E-state index >= 15 is 0 Å². The second kappa shape index (κ2) is 22.6. The maximum absolute atomic E-state index is 12.6. The highest BCUT2D eigenvalue weighted by atomic mass is 16.5. The predicted octanol–water partition coefficient (Wildman–Crippen LogP) is -1.86. The Morgan fingerprint density at radius 3 is 1.45 bits per heavy atom. The van der Waals surface area contributed by atoms with Crippen molar-refractivity contribution in [2.24, 2.45) is 0 Å². The van der Waals surface area contributed by atoms with Crippen molar-refractivity contribution in [1.82, 2.24) is 20.0 Å². The van der Waals surface area contributed by atoms with Crippen LogP contribution < -0.4 is 5.32 Å². The van der Waals surface area contributed by atoms with Crippen LogP contribution in [-0.4, -0.2) is 163 Å². The average molecular weight is 579 g/mol. The van der Waals surface area contributed by atoms with E-state index in [9.17, 15) is 28.8 Å². The summed E-state index contributed by atoms with van der Waals surface area (Å²) in [5, 5.41) is 38.8. The van der Waals surface area contributed by atoms with Crippen LogP contribution in [0, 0.1) is 0 Å². The number of carboxylic acid groups (broad SMARTS) is 4. The number of carboxylic acids is 4. The van der Waals surface area contributed by atoms with Gasteiger partial charge in [-0.3, -0.25) is 43.5 Å². The van der Waals surface area contributed by atoms with Crippen molar-refractivity contribution < 1.29 is 58.7 Å². The molecule has 0 atom stereocenters. The molecule has 0 aromatic heterocycles. The number of rotatable bonds is 27. The number of ketones is 1. The standard InChI is InChI=1S/C24H42N4O12/c1-2-20(30)25-5-11-40-13-12-39-10-3-4-19(29)14-26(6-8-27(15-21(31)32)16-22(33)34)7-9-28(17-23(35)36)18-24(37)38/h2-18H2,1H3,(H,25,30)(H,31,32)(H,33,34)(H,35,36)(H,37,38). The van der Waals surface area contributed by atoms with Crippen molar-refractivity contribution in [3.8, 4) is 0 Å². The zero-order valence-corrected chi connectivity index (χ0v) is 22.9. The van der Waals surface area contributed by atoms with E-state index in [2.05, 4.69) is 5.32 Å². The lowest BCUT2D eigenvalue weighted by Crippen LogP contribution is -2.45. The second-order valence-electron chi connectivity index (χ2n) is 8.84. The Morgan fingerprint density at radius 2 is 1.02 bits per heavy atom. The number of nitrogens with zero attached hydrogens (tertiary/aromatic N) is 3. The van der Waals surface area contributed by atoms with Crippen LogP contribution in [-0.2, 0) is 38.2 Å². The summed E-state index contributed by atoms with van der Waals surface area (Å²) >= 11 is 0. The highest BCUT2D eigenvalue weighted by molar-refractivity contribution is 5.80. The third-order valence-corrected chi connectivity index (χ3v) is 5.31. The van der Waals surface area contributed by atoms with Crippen molar-refractivity contribution in [3.05, 3.63) is 0 Å². The number of Topliss-reactive ketones (excluding diaryl/α,β-unsaturated/α-hetero) is 1. The van der Waals surface area contributed by atoms with Crippen molar-refractivity contribution in [2.45, 2.75) is 26.2 Å². The summed E-state index contributed by atoms with van der Waals surface area (Å²) in [7, 11) is 0. The third-order valence-electron chi connectivity index (χ3n) is 5.31. The highest BCUT2D eigenvalue weighted by Crippen LogP contribution is 2.01. The molecule has 0 aromatic rings. The zero-order chi connectivity index (χ0) is 30.3. The van der Waals surface area contributed by atoms with Gasteiger partial charge in [0, 0.05) is 52.2 Å². The molecule has 0 bridgehead atoms. The smallest absolute Gasteiger partial charge is 0.317 e.